The van der Waals surface area contributed by atoms with E-state index in [-0.39, 0.29) is 11.8 Å². The van der Waals surface area contributed by atoms with Crippen LogP contribution in [0.25, 0.3) is 0 Å². The highest BCUT2D eigenvalue weighted by atomic mass is 32.2. The predicted octanol–water partition coefficient (Wildman–Crippen LogP) is 2.49. The van der Waals surface area contributed by atoms with Crippen molar-refractivity contribution in [3.05, 3.63) is 53.9 Å². The SMILES string of the molecule is C[C@@H]1C[C@@H]1[C@H](NS(=O)(=O)Cc1ccon1)c1ccccc1. The minimum Gasteiger partial charge on any atom is -0.364 e. The van der Waals surface area contributed by atoms with Crippen molar-refractivity contribution >= 4 is 10.0 Å². The van der Waals surface area contributed by atoms with Gasteiger partial charge < -0.3 is 4.52 Å². The van der Waals surface area contributed by atoms with Crippen molar-refractivity contribution in [3.8, 4) is 0 Å². The number of nitrogens with zero attached hydrogens (tertiary/aromatic N) is 1. The zero-order chi connectivity index (χ0) is 14.9. The van der Waals surface area contributed by atoms with Gasteiger partial charge in [0.05, 0.1) is 5.69 Å². The van der Waals surface area contributed by atoms with E-state index in [9.17, 15) is 8.42 Å². The second-order valence-electron chi connectivity index (χ2n) is 5.63. The monoisotopic (exact) mass is 306 g/mol. The van der Waals surface area contributed by atoms with Crippen LogP contribution in [0.15, 0.2) is 47.2 Å². The zero-order valence-corrected chi connectivity index (χ0v) is 12.6. The minimum absolute atomic E-state index is 0.159. The summed E-state index contributed by atoms with van der Waals surface area (Å²) in [7, 11) is -3.45. The van der Waals surface area contributed by atoms with Gasteiger partial charge in [0, 0.05) is 12.1 Å². The fourth-order valence-corrected chi connectivity index (χ4v) is 3.94. The highest BCUT2D eigenvalue weighted by Gasteiger charge is 2.41. The van der Waals surface area contributed by atoms with Crippen LogP contribution in [-0.2, 0) is 15.8 Å². The number of hydrogen-bond donors (Lipinski definition) is 1. The van der Waals surface area contributed by atoms with Gasteiger partial charge in [-0.05, 0) is 23.8 Å². The number of sulfonamides is 1. The third kappa shape index (κ3) is 3.51. The van der Waals surface area contributed by atoms with Gasteiger partial charge in [0.15, 0.2) is 0 Å². The van der Waals surface area contributed by atoms with Gasteiger partial charge in [0.25, 0.3) is 0 Å². The topological polar surface area (TPSA) is 72.2 Å². The van der Waals surface area contributed by atoms with Gasteiger partial charge in [0.2, 0.25) is 10.0 Å². The Morgan fingerprint density at radius 3 is 2.62 bits per heavy atom. The van der Waals surface area contributed by atoms with Gasteiger partial charge >= 0.3 is 0 Å². The predicted molar refractivity (Wildman–Crippen MR) is 78.7 cm³/mol. The lowest BCUT2D eigenvalue weighted by Crippen LogP contribution is -2.31. The normalized spacial score (nSPS) is 22.9. The average Bonchev–Trinajstić information content (AvgIpc) is 2.96. The van der Waals surface area contributed by atoms with Crippen LogP contribution in [-0.4, -0.2) is 13.6 Å². The van der Waals surface area contributed by atoms with Crippen LogP contribution in [0.2, 0.25) is 0 Å². The van der Waals surface area contributed by atoms with Crippen molar-refractivity contribution in [1.29, 1.82) is 0 Å². The molecule has 1 aliphatic carbocycles. The van der Waals surface area contributed by atoms with Crippen LogP contribution in [0, 0.1) is 11.8 Å². The van der Waals surface area contributed by atoms with E-state index in [2.05, 4.69) is 21.3 Å². The second kappa shape index (κ2) is 5.61. The van der Waals surface area contributed by atoms with Crippen LogP contribution in [0.1, 0.15) is 30.6 Å². The van der Waals surface area contributed by atoms with Crippen molar-refractivity contribution < 1.29 is 12.9 Å². The van der Waals surface area contributed by atoms with Gasteiger partial charge in [-0.3, -0.25) is 0 Å². The molecule has 0 saturated heterocycles. The van der Waals surface area contributed by atoms with Crippen LogP contribution >= 0.6 is 0 Å². The Kier molecular flexibility index (Phi) is 3.82. The van der Waals surface area contributed by atoms with Crippen LogP contribution in [0.5, 0.6) is 0 Å². The summed E-state index contributed by atoms with van der Waals surface area (Å²) < 4.78 is 32.2. The third-order valence-corrected chi connectivity index (χ3v) is 5.18. The molecule has 1 aromatic carbocycles. The number of nitrogens with one attached hydrogen (secondary N) is 1. The molecule has 0 spiro atoms. The van der Waals surface area contributed by atoms with Gasteiger partial charge in [-0.15, -0.1) is 0 Å². The van der Waals surface area contributed by atoms with Crippen molar-refractivity contribution in [2.24, 2.45) is 11.8 Å². The van der Waals surface area contributed by atoms with E-state index < -0.39 is 10.0 Å². The summed E-state index contributed by atoms with van der Waals surface area (Å²) >= 11 is 0. The molecule has 3 rings (SSSR count). The van der Waals surface area contributed by atoms with E-state index in [1.807, 2.05) is 30.3 Å². The fourth-order valence-electron chi connectivity index (χ4n) is 2.62. The first-order valence-electron chi connectivity index (χ1n) is 6.99. The maximum absolute atomic E-state index is 12.3. The van der Waals surface area contributed by atoms with E-state index in [4.69, 9.17) is 0 Å². The van der Waals surface area contributed by atoms with Crippen molar-refractivity contribution in [1.82, 2.24) is 9.88 Å². The molecule has 5 nitrogen and oxygen atoms in total. The fraction of sp³-hybridized carbons (Fsp3) is 0.400. The molecule has 1 aromatic heterocycles. The molecule has 21 heavy (non-hydrogen) atoms. The van der Waals surface area contributed by atoms with E-state index in [0.717, 1.165) is 12.0 Å². The van der Waals surface area contributed by atoms with E-state index in [1.165, 1.54) is 6.26 Å². The lowest BCUT2D eigenvalue weighted by Gasteiger charge is -2.19. The maximum Gasteiger partial charge on any atom is 0.218 e. The summed E-state index contributed by atoms with van der Waals surface area (Å²) in [6.45, 7) is 2.15. The molecule has 0 bridgehead atoms. The molecule has 1 heterocycles. The standard InChI is InChI=1S/C15H18N2O3S/c1-11-9-14(11)15(12-5-3-2-4-6-12)17-21(18,19)10-13-7-8-20-16-13/h2-8,11,14-15,17H,9-10H2,1H3/t11-,14+,15-/m1/s1. The highest BCUT2D eigenvalue weighted by molar-refractivity contribution is 7.88. The number of rotatable bonds is 6. The maximum atomic E-state index is 12.3. The summed E-state index contributed by atoms with van der Waals surface area (Å²) in [4.78, 5) is 0. The minimum atomic E-state index is -3.45. The third-order valence-electron chi connectivity index (χ3n) is 3.89. The smallest absolute Gasteiger partial charge is 0.218 e. The Bertz CT molecular complexity index is 683. The van der Waals surface area contributed by atoms with Crippen molar-refractivity contribution in [3.63, 3.8) is 0 Å². The van der Waals surface area contributed by atoms with Gasteiger partial charge in [-0.1, -0.05) is 42.4 Å². The van der Waals surface area contributed by atoms with Crippen molar-refractivity contribution in [2.75, 3.05) is 0 Å². The number of benzene rings is 1. The molecular weight excluding hydrogens is 288 g/mol. The Labute approximate surface area is 124 Å². The summed E-state index contributed by atoms with van der Waals surface area (Å²) in [5, 5.41) is 3.66. The first-order chi connectivity index (χ1) is 10.1. The number of aromatic nitrogens is 1. The van der Waals surface area contributed by atoms with E-state index in [1.54, 1.807) is 6.07 Å². The lowest BCUT2D eigenvalue weighted by atomic mass is 10.0. The van der Waals surface area contributed by atoms with Crippen LogP contribution < -0.4 is 4.72 Å². The summed E-state index contributed by atoms with van der Waals surface area (Å²) in [6.07, 6.45) is 2.43. The highest BCUT2D eigenvalue weighted by Crippen LogP contribution is 2.47. The molecule has 0 radical (unpaired) electrons. The molecule has 1 fully saturated rings. The first kappa shape index (κ1) is 14.3. The zero-order valence-electron chi connectivity index (χ0n) is 11.8. The lowest BCUT2D eigenvalue weighted by molar-refractivity contribution is 0.413. The quantitative estimate of drug-likeness (QED) is 0.890. The number of hydrogen-bond acceptors (Lipinski definition) is 4. The summed E-state index contributed by atoms with van der Waals surface area (Å²) in [6, 6.07) is 11.1. The van der Waals surface area contributed by atoms with E-state index >= 15 is 0 Å². The van der Waals surface area contributed by atoms with Crippen LogP contribution in [0.4, 0.5) is 0 Å². The molecule has 1 aliphatic rings. The van der Waals surface area contributed by atoms with Gasteiger partial charge in [0.1, 0.15) is 12.0 Å². The Morgan fingerprint density at radius 2 is 2.05 bits per heavy atom. The molecule has 1 saturated carbocycles. The summed E-state index contributed by atoms with van der Waals surface area (Å²) in [5.41, 5.74) is 1.42. The Hall–Kier alpha value is -1.66. The average molecular weight is 306 g/mol. The Balaban J connectivity index is 1.78. The molecule has 0 unspecified atom stereocenters. The van der Waals surface area contributed by atoms with Crippen LogP contribution in [0.3, 0.4) is 0 Å². The first-order valence-corrected chi connectivity index (χ1v) is 8.64. The molecule has 0 amide bonds. The second-order valence-corrected chi connectivity index (χ2v) is 7.39. The molecule has 3 atom stereocenters. The summed E-state index contributed by atoms with van der Waals surface area (Å²) in [5.74, 6) is 0.748. The van der Waals surface area contributed by atoms with Crippen molar-refractivity contribution in [2.45, 2.75) is 25.1 Å². The molecule has 1 N–H and O–H groups in total. The van der Waals surface area contributed by atoms with E-state index in [0.29, 0.717) is 17.5 Å². The molecule has 2 aromatic rings. The van der Waals surface area contributed by atoms with Gasteiger partial charge in [-0.25, -0.2) is 13.1 Å². The molecule has 0 aliphatic heterocycles. The molecular formula is C15H18N2O3S. The molecule has 6 heteroatoms. The van der Waals surface area contributed by atoms with Gasteiger partial charge in [-0.2, -0.15) is 0 Å². The molecule has 112 valence electrons. The Morgan fingerprint density at radius 1 is 1.33 bits per heavy atom. The largest absolute Gasteiger partial charge is 0.364 e.